The van der Waals surface area contributed by atoms with Crippen LogP contribution in [-0.2, 0) is 0 Å². The van der Waals surface area contributed by atoms with Gasteiger partial charge in [-0.1, -0.05) is 27.5 Å². The first kappa shape index (κ1) is 19.3. The van der Waals surface area contributed by atoms with Crippen molar-refractivity contribution in [2.24, 2.45) is 0 Å². The monoisotopic (exact) mass is 452 g/mol. The third-order valence-electron chi connectivity index (χ3n) is 4.19. The molecule has 1 heterocycles. The Morgan fingerprint density at radius 1 is 1.15 bits per heavy atom. The summed E-state index contributed by atoms with van der Waals surface area (Å²) in [4.78, 5) is 27.0. The van der Waals surface area contributed by atoms with Gasteiger partial charge in [-0.15, -0.1) is 0 Å². The van der Waals surface area contributed by atoms with Crippen LogP contribution in [0.1, 0.15) is 26.3 Å². The minimum absolute atomic E-state index is 0.0429. The highest BCUT2D eigenvalue weighted by molar-refractivity contribution is 9.10. The predicted molar refractivity (Wildman–Crippen MR) is 112 cm³/mol. The fourth-order valence-corrected chi connectivity index (χ4v) is 4.21. The van der Waals surface area contributed by atoms with E-state index in [-0.39, 0.29) is 11.8 Å². The predicted octanol–water partition coefficient (Wildman–Crippen LogP) is 4.85. The van der Waals surface area contributed by atoms with Crippen LogP contribution in [0.2, 0.25) is 5.02 Å². The van der Waals surface area contributed by atoms with Gasteiger partial charge in [-0.25, -0.2) is 0 Å². The van der Waals surface area contributed by atoms with E-state index in [2.05, 4.69) is 21.2 Å². The minimum Gasteiger partial charge on any atom is -0.337 e. The lowest BCUT2D eigenvalue weighted by atomic mass is 10.1. The molecule has 0 aromatic heterocycles. The van der Waals surface area contributed by atoms with E-state index in [1.165, 1.54) is 0 Å². The maximum Gasteiger partial charge on any atom is 0.257 e. The third-order valence-corrected chi connectivity index (χ3v) is 5.96. The number of nitrogens with one attached hydrogen (secondary N) is 1. The molecule has 0 spiro atoms. The van der Waals surface area contributed by atoms with Crippen LogP contribution in [0.4, 0.5) is 5.69 Å². The number of hydrogen-bond acceptors (Lipinski definition) is 3. The summed E-state index contributed by atoms with van der Waals surface area (Å²) in [6, 6.07) is 10.5. The number of rotatable bonds is 3. The zero-order valence-electron chi connectivity index (χ0n) is 14.2. The second-order valence-corrected chi connectivity index (χ2v) is 8.56. The van der Waals surface area contributed by atoms with Gasteiger partial charge in [-0.3, -0.25) is 9.59 Å². The van der Waals surface area contributed by atoms with Crippen LogP contribution in [0, 0.1) is 6.92 Å². The van der Waals surface area contributed by atoms with Crippen molar-refractivity contribution in [1.82, 2.24) is 4.90 Å². The largest absolute Gasteiger partial charge is 0.337 e. The second kappa shape index (κ2) is 8.46. The van der Waals surface area contributed by atoms with E-state index < -0.39 is 0 Å². The first-order chi connectivity index (χ1) is 12.5. The highest BCUT2D eigenvalue weighted by atomic mass is 79.9. The number of carbonyl (C=O) groups is 2. The van der Waals surface area contributed by atoms with E-state index in [9.17, 15) is 9.59 Å². The average molecular weight is 454 g/mol. The van der Waals surface area contributed by atoms with Gasteiger partial charge in [0.15, 0.2) is 0 Å². The zero-order valence-corrected chi connectivity index (χ0v) is 17.4. The van der Waals surface area contributed by atoms with Crippen LogP contribution in [0.3, 0.4) is 0 Å². The Balaban J connectivity index is 1.76. The van der Waals surface area contributed by atoms with Crippen molar-refractivity contribution in [3.05, 3.63) is 62.6 Å². The van der Waals surface area contributed by atoms with Gasteiger partial charge in [0.25, 0.3) is 11.8 Å². The third kappa shape index (κ3) is 4.42. The number of nitrogens with zero attached hydrogens (tertiary/aromatic N) is 1. The second-order valence-electron chi connectivity index (χ2n) is 6.01. The van der Waals surface area contributed by atoms with Crippen molar-refractivity contribution in [1.29, 1.82) is 0 Å². The Labute approximate surface area is 170 Å². The molecule has 7 heteroatoms. The standard InChI is InChI=1S/C19H18BrClN2O2S/c1-12-10-13(19(25)23-6-8-26-9-7-23)2-5-17(12)22-18(24)15-11-14(20)3-4-16(15)21/h2-5,10-11H,6-9H2,1H3,(H,22,24). The van der Waals surface area contributed by atoms with Gasteiger partial charge in [0.1, 0.15) is 0 Å². The molecule has 1 aliphatic heterocycles. The summed E-state index contributed by atoms with van der Waals surface area (Å²) in [5, 5.41) is 3.25. The Morgan fingerprint density at radius 2 is 1.88 bits per heavy atom. The molecule has 1 fully saturated rings. The summed E-state index contributed by atoms with van der Waals surface area (Å²) in [5.41, 5.74) is 2.54. The summed E-state index contributed by atoms with van der Waals surface area (Å²) in [5.74, 6) is 1.71. The Kier molecular flexibility index (Phi) is 6.27. The minimum atomic E-state index is -0.286. The Hall–Kier alpha value is -1.50. The molecule has 4 nitrogen and oxygen atoms in total. The van der Waals surface area contributed by atoms with Crippen molar-refractivity contribution in [3.8, 4) is 0 Å². The maximum atomic E-state index is 12.6. The van der Waals surface area contributed by atoms with E-state index in [1.54, 1.807) is 30.3 Å². The average Bonchev–Trinajstić information content (AvgIpc) is 2.65. The summed E-state index contributed by atoms with van der Waals surface area (Å²) in [7, 11) is 0. The summed E-state index contributed by atoms with van der Waals surface area (Å²) < 4.78 is 0.782. The number of hydrogen-bond donors (Lipinski definition) is 1. The Morgan fingerprint density at radius 3 is 2.58 bits per heavy atom. The molecule has 1 saturated heterocycles. The first-order valence-corrected chi connectivity index (χ1v) is 10.5. The van der Waals surface area contributed by atoms with Gasteiger partial charge in [0.2, 0.25) is 0 Å². The van der Waals surface area contributed by atoms with Crippen molar-refractivity contribution < 1.29 is 9.59 Å². The number of aryl methyl sites for hydroxylation is 1. The van der Waals surface area contributed by atoms with Crippen molar-refractivity contribution >= 4 is 56.8 Å². The fourth-order valence-electron chi connectivity index (χ4n) is 2.75. The molecule has 2 amide bonds. The molecule has 0 saturated carbocycles. The molecule has 3 rings (SSSR count). The van der Waals surface area contributed by atoms with Gasteiger partial charge in [0, 0.05) is 40.3 Å². The highest BCUT2D eigenvalue weighted by Crippen LogP contribution is 2.24. The highest BCUT2D eigenvalue weighted by Gasteiger charge is 2.19. The first-order valence-electron chi connectivity index (χ1n) is 8.20. The van der Waals surface area contributed by atoms with E-state index in [1.807, 2.05) is 29.7 Å². The number of benzene rings is 2. The smallest absolute Gasteiger partial charge is 0.257 e. The number of thioether (sulfide) groups is 1. The lowest BCUT2D eigenvalue weighted by Crippen LogP contribution is -2.37. The van der Waals surface area contributed by atoms with Gasteiger partial charge >= 0.3 is 0 Å². The van der Waals surface area contributed by atoms with E-state index in [4.69, 9.17) is 11.6 Å². The van der Waals surface area contributed by atoms with Crippen molar-refractivity contribution in [2.75, 3.05) is 29.9 Å². The molecule has 0 unspecified atom stereocenters. The van der Waals surface area contributed by atoms with E-state index in [0.717, 1.165) is 34.6 Å². The SMILES string of the molecule is Cc1cc(C(=O)N2CCSCC2)ccc1NC(=O)c1cc(Br)ccc1Cl. The normalized spacial score (nSPS) is 14.2. The van der Waals surface area contributed by atoms with Gasteiger partial charge in [0.05, 0.1) is 10.6 Å². The van der Waals surface area contributed by atoms with Crippen LogP contribution in [0.25, 0.3) is 0 Å². The van der Waals surface area contributed by atoms with Crippen LogP contribution >= 0.6 is 39.3 Å². The lowest BCUT2D eigenvalue weighted by Gasteiger charge is -2.26. The molecular formula is C19H18BrClN2O2S. The maximum absolute atomic E-state index is 12.6. The zero-order chi connectivity index (χ0) is 18.7. The quantitative estimate of drug-likeness (QED) is 0.722. The molecule has 136 valence electrons. The summed E-state index contributed by atoms with van der Waals surface area (Å²) in [6.07, 6.45) is 0. The Bertz CT molecular complexity index is 853. The molecule has 1 aliphatic rings. The van der Waals surface area contributed by atoms with Crippen LogP contribution < -0.4 is 5.32 Å². The van der Waals surface area contributed by atoms with Crippen molar-refractivity contribution in [3.63, 3.8) is 0 Å². The summed E-state index contributed by atoms with van der Waals surface area (Å²) >= 11 is 11.3. The van der Waals surface area contributed by atoms with Gasteiger partial charge in [-0.2, -0.15) is 11.8 Å². The molecular weight excluding hydrogens is 436 g/mol. The lowest BCUT2D eigenvalue weighted by molar-refractivity contribution is 0.0772. The van der Waals surface area contributed by atoms with Crippen LogP contribution in [-0.4, -0.2) is 41.3 Å². The molecule has 2 aromatic carbocycles. The number of halogens is 2. The van der Waals surface area contributed by atoms with Crippen molar-refractivity contribution in [2.45, 2.75) is 6.92 Å². The van der Waals surface area contributed by atoms with Crippen LogP contribution in [0.5, 0.6) is 0 Å². The molecule has 1 N–H and O–H groups in total. The molecule has 0 radical (unpaired) electrons. The molecule has 0 bridgehead atoms. The molecule has 26 heavy (non-hydrogen) atoms. The summed E-state index contributed by atoms with van der Waals surface area (Å²) in [6.45, 7) is 3.44. The number of amides is 2. The molecule has 0 atom stereocenters. The topological polar surface area (TPSA) is 49.4 Å². The molecule has 0 aliphatic carbocycles. The number of carbonyl (C=O) groups excluding carboxylic acids is 2. The van der Waals surface area contributed by atoms with Gasteiger partial charge in [-0.05, 0) is 48.9 Å². The van der Waals surface area contributed by atoms with E-state index in [0.29, 0.717) is 21.8 Å². The van der Waals surface area contributed by atoms with Gasteiger partial charge < -0.3 is 10.2 Å². The van der Waals surface area contributed by atoms with E-state index >= 15 is 0 Å². The van der Waals surface area contributed by atoms with Crippen LogP contribution in [0.15, 0.2) is 40.9 Å². The number of anilines is 1. The molecule has 2 aromatic rings. The fraction of sp³-hybridized carbons (Fsp3) is 0.263.